The summed E-state index contributed by atoms with van der Waals surface area (Å²) in [7, 11) is 3.25. The van der Waals surface area contributed by atoms with Gasteiger partial charge in [-0.1, -0.05) is 23.7 Å². The minimum Gasteiger partial charge on any atom is -0.495 e. The van der Waals surface area contributed by atoms with Gasteiger partial charge in [0.05, 0.1) is 25.3 Å². The SMILES string of the molecule is COCCNc1ccc(CN=C(N)Nc2ccc(OC)c(Cl)c2)cc1.I. The van der Waals surface area contributed by atoms with Gasteiger partial charge in [-0.15, -0.1) is 24.0 Å². The summed E-state index contributed by atoms with van der Waals surface area (Å²) in [5, 5.41) is 6.79. The monoisotopic (exact) mass is 490 g/mol. The van der Waals surface area contributed by atoms with Crippen LogP contribution in [0, 0.1) is 0 Å². The lowest BCUT2D eigenvalue weighted by atomic mass is 10.2. The average Bonchev–Trinajstić information content (AvgIpc) is 2.61. The fourth-order valence-electron chi connectivity index (χ4n) is 2.13. The Morgan fingerprint density at radius 2 is 1.81 bits per heavy atom. The predicted molar refractivity (Wildman–Crippen MR) is 119 cm³/mol. The number of hydrogen-bond donors (Lipinski definition) is 3. The van der Waals surface area contributed by atoms with Gasteiger partial charge in [0.1, 0.15) is 5.75 Å². The van der Waals surface area contributed by atoms with Gasteiger partial charge >= 0.3 is 0 Å². The first-order chi connectivity index (χ1) is 12.1. The fraction of sp³-hybridized carbons (Fsp3) is 0.278. The number of anilines is 2. The molecule has 2 aromatic rings. The number of nitrogens with one attached hydrogen (secondary N) is 2. The zero-order chi connectivity index (χ0) is 18.1. The first-order valence-electron chi connectivity index (χ1n) is 7.84. The number of benzene rings is 2. The van der Waals surface area contributed by atoms with Gasteiger partial charge in [-0.3, -0.25) is 0 Å². The third-order valence-electron chi connectivity index (χ3n) is 3.45. The van der Waals surface area contributed by atoms with Crippen molar-refractivity contribution >= 4 is 52.9 Å². The van der Waals surface area contributed by atoms with E-state index in [-0.39, 0.29) is 24.0 Å². The van der Waals surface area contributed by atoms with Gasteiger partial charge in [-0.05, 0) is 35.9 Å². The highest BCUT2D eigenvalue weighted by Crippen LogP contribution is 2.27. The maximum absolute atomic E-state index is 6.09. The number of halogens is 2. The molecule has 0 saturated carbocycles. The summed E-state index contributed by atoms with van der Waals surface area (Å²) in [6, 6.07) is 13.4. The molecule has 2 rings (SSSR count). The van der Waals surface area contributed by atoms with Crippen molar-refractivity contribution in [3.63, 3.8) is 0 Å². The third kappa shape index (κ3) is 7.27. The molecule has 2 aromatic carbocycles. The van der Waals surface area contributed by atoms with E-state index in [1.54, 1.807) is 26.4 Å². The number of nitrogens with zero attached hydrogens (tertiary/aromatic N) is 1. The molecule has 0 aromatic heterocycles. The normalized spacial score (nSPS) is 10.8. The first-order valence-corrected chi connectivity index (χ1v) is 8.22. The maximum Gasteiger partial charge on any atom is 0.193 e. The molecule has 4 N–H and O–H groups in total. The quantitative estimate of drug-likeness (QED) is 0.226. The summed E-state index contributed by atoms with van der Waals surface area (Å²) in [5.41, 5.74) is 8.79. The number of ether oxygens (including phenoxy) is 2. The van der Waals surface area contributed by atoms with Gasteiger partial charge in [0.2, 0.25) is 0 Å². The number of nitrogens with two attached hydrogens (primary N) is 1. The molecule has 0 fully saturated rings. The zero-order valence-electron chi connectivity index (χ0n) is 14.8. The van der Waals surface area contributed by atoms with Crippen LogP contribution in [0.4, 0.5) is 11.4 Å². The highest BCUT2D eigenvalue weighted by molar-refractivity contribution is 14.0. The Hall–Kier alpha value is -1.71. The van der Waals surface area contributed by atoms with Crippen molar-refractivity contribution in [2.75, 3.05) is 38.0 Å². The topological polar surface area (TPSA) is 80.9 Å². The van der Waals surface area contributed by atoms with Gasteiger partial charge < -0.3 is 25.8 Å². The van der Waals surface area contributed by atoms with Crippen LogP contribution in [0.5, 0.6) is 5.75 Å². The molecular formula is C18H24ClIN4O2. The predicted octanol–water partition coefficient (Wildman–Crippen LogP) is 3.95. The molecule has 0 atom stereocenters. The maximum atomic E-state index is 6.09. The Morgan fingerprint density at radius 1 is 1.12 bits per heavy atom. The molecule has 26 heavy (non-hydrogen) atoms. The molecule has 0 saturated heterocycles. The molecule has 0 aliphatic heterocycles. The van der Waals surface area contributed by atoms with Gasteiger partial charge in [0.15, 0.2) is 5.96 Å². The Morgan fingerprint density at radius 3 is 2.42 bits per heavy atom. The largest absolute Gasteiger partial charge is 0.495 e. The van der Waals surface area contributed by atoms with E-state index in [0.717, 1.165) is 23.5 Å². The molecular weight excluding hydrogens is 467 g/mol. The molecule has 0 spiro atoms. The van der Waals surface area contributed by atoms with Gasteiger partial charge in [0, 0.05) is 25.0 Å². The Labute approximate surface area is 176 Å². The summed E-state index contributed by atoms with van der Waals surface area (Å²) in [6.07, 6.45) is 0. The molecule has 0 radical (unpaired) electrons. The van der Waals surface area contributed by atoms with Crippen molar-refractivity contribution in [3.8, 4) is 5.75 Å². The highest BCUT2D eigenvalue weighted by atomic mass is 127. The van der Waals surface area contributed by atoms with E-state index < -0.39 is 0 Å². The van der Waals surface area contributed by atoms with Crippen molar-refractivity contribution in [1.29, 1.82) is 0 Å². The van der Waals surface area contributed by atoms with Crippen molar-refractivity contribution in [2.45, 2.75) is 6.54 Å². The molecule has 0 bridgehead atoms. The molecule has 0 unspecified atom stereocenters. The molecule has 142 valence electrons. The van der Waals surface area contributed by atoms with Crippen molar-refractivity contribution in [3.05, 3.63) is 53.1 Å². The molecule has 0 amide bonds. The number of aliphatic imine (C=N–C) groups is 1. The van der Waals surface area contributed by atoms with E-state index in [1.807, 2.05) is 30.3 Å². The van der Waals surface area contributed by atoms with Gasteiger partial charge in [-0.25, -0.2) is 4.99 Å². The molecule has 8 heteroatoms. The summed E-state index contributed by atoms with van der Waals surface area (Å²) < 4.78 is 10.1. The van der Waals surface area contributed by atoms with E-state index in [2.05, 4.69) is 15.6 Å². The Kier molecular flexibility index (Phi) is 10.2. The van der Waals surface area contributed by atoms with Gasteiger partial charge in [-0.2, -0.15) is 0 Å². The number of methoxy groups -OCH3 is 2. The average molecular weight is 491 g/mol. The van der Waals surface area contributed by atoms with Crippen molar-refractivity contribution in [1.82, 2.24) is 0 Å². The lowest BCUT2D eigenvalue weighted by Crippen LogP contribution is -2.22. The van der Waals surface area contributed by atoms with Crippen LogP contribution in [-0.2, 0) is 11.3 Å². The van der Waals surface area contributed by atoms with E-state index in [1.165, 1.54) is 0 Å². The molecule has 6 nitrogen and oxygen atoms in total. The number of guanidine groups is 1. The Bertz CT molecular complexity index is 711. The summed E-state index contributed by atoms with van der Waals surface area (Å²) >= 11 is 6.09. The minimum absolute atomic E-state index is 0. The third-order valence-corrected chi connectivity index (χ3v) is 3.74. The van der Waals surface area contributed by atoms with E-state index in [9.17, 15) is 0 Å². The van der Waals surface area contributed by atoms with Crippen molar-refractivity contribution < 1.29 is 9.47 Å². The smallest absolute Gasteiger partial charge is 0.193 e. The van der Waals surface area contributed by atoms with Crippen LogP contribution in [0.2, 0.25) is 5.02 Å². The number of hydrogen-bond acceptors (Lipinski definition) is 4. The molecule has 0 aliphatic carbocycles. The van der Waals surface area contributed by atoms with Crippen LogP contribution < -0.4 is 21.1 Å². The Balaban J connectivity index is 0.00000338. The second kappa shape index (κ2) is 11.8. The minimum atomic E-state index is 0. The number of rotatable bonds is 8. The summed E-state index contributed by atoms with van der Waals surface area (Å²) in [5.74, 6) is 0.936. The summed E-state index contributed by atoms with van der Waals surface area (Å²) in [4.78, 5) is 4.34. The summed E-state index contributed by atoms with van der Waals surface area (Å²) in [6.45, 7) is 1.93. The van der Waals surface area contributed by atoms with E-state index in [0.29, 0.717) is 29.9 Å². The second-order valence-corrected chi connectivity index (χ2v) is 5.70. The van der Waals surface area contributed by atoms with Crippen LogP contribution in [0.15, 0.2) is 47.5 Å². The van der Waals surface area contributed by atoms with Crippen LogP contribution in [0.1, 0.15) is 5.56 Å². The van der Waals surface area contributed by atoms with Crippen molar-refractivity contribution in [2.24, 2.45) is 10.7 Å². The highest BCUT2D eigenvalue weighted by Gasteiger charge is 2.02. The van der Waals surface area contributed by atoms with E-state index >= 15 is 0 Å². The van der Waals surface area contributed by atoms with Crippen LogP contribution in [-0.4, -0.2) is 33.3 Å². The fourth-order valence-corrected chi connectivity index (χ4v) is 2.39. The van der Waals surface area contributed by atoms with Gasteiger partial charge in [0.25, 0.3) is 0 Å². The van der Waals surface area contributed by atoms with E-state index in [4.69, 9.17) is 26.8 Å². The first kappa shape index (κ1) is 22.3. The molecule has 0 heterocycles. The molecule has 0 aliphatic rings. The van der Waals surface area contributed by atoms with Crippen LogP contribution in [0.25, 0.3) is 0 Å². The standard InChI is InChI=1S/C18H23ClN4O2.HI/c1-24-10-9-21-14-5-3-13(4-6-14)12-22-18(20)23-15-7-8-17(25-2)16(19)11-15;/h3-8,11,21H,9-10,12H2,1-2H3,(H3,20,22,23);1H. The van der Waals surface area contributed by atoms with Crippen LogP contribution in [0.3, 0.4) is 0 Å². The second-order valence-electron chi connectivity index (χ2n) is 5.29. The lowest BCUT2D eigenvalue weighted by molar-refractivity contribution is 0.211. The van der Waals surface area contributed by atoms with Crippen LogP contribution >= 0.6 is 35.6 Å². The zero-order valence-corrected chi connectivity index (χ0v) is 17.9. The lowest BCUT2D eigenvalue weighted by Gasteiger charge is -2.09.